The summed E-state index contributed by atoms with van der Waals surface area (Å²) in [5, 5.41) is 15.8. The molecule has 0 saturated heterocycles. The molecule has 3 rings (SSSR count). The van der Waals surface area contributed by atoms with Crippen LogP contribution in [0.2, 0.25) is 0 Å². The lowest BCUT2D eigenvalue weighted by molar-refractivity contribution is -0.121. The van der Waals surface area contributed by atoms with Crippen LogP contribution < -0.4 is 10.6 Å². The zero-order chi connectivity index (χ0) is 21.0. The van der Waals surface area contributed by atoms with Gasteiger partial charge in [0.2, 0.25) is 11.8 Å². The highest BCUT2D eigenvalue weighted by atomic mass is 79.9. The lowest BCUT2D eigenvalue weighted by Crippen LogP contribution is -2.31. The van der Waals surface area contributed by atoms with E-state index in [2.05, 4.69) is 32.6 Å². The number of thioether (sulfide) groups is 1. The highest BCUT2D eigenvalue weighted by Crippen LogP contribution is 2.36. The van der Waals surface area contributed by atoms with Gasteiger partial charge in [-0.15, -0.1) is 0 Å². The van der Waals surface area contributed by atoms with E-state index in [0.29, 0.717) is 10.6 Å². The smallest absolute Gasteiger partial charge is 0.234 e. The largest absolute Gasteiger partial charge is 0.325 e. The van der Waals surface area contributed by atoms with Gasteiger partial charge < -0.3 is 10.6 Å². The Morgan fingerprint density at radius 3 is 2.76 bits per heavy atom. The van der Waals surface area contributed by atoms with Gasteiger partial charge in [-0.25, -0.2) is 0 Å². The molecule has 5 nitrogen and oxygen atoms in total. The van der Waals surface area contributed by atoms with E-state index in [9.17, 15) is 14.9 Å². The zero-order valence-electron chi connectivity index (χ0n) is 16.1. The van der Waals surface area contributed by atoms with Crippen molar-refractivity contribution in [1.82, 2.24) is 5.32 Å². The summed E-state index contributed by atoms with van der Waals surface area (Å²) in [4.78, 5) is 24.6. The fourth-order valence-electron chi connectivity index (χ4n) is 3.10. The van der Waals surface area contributed by atoms with E-state index in [0.717, 1.165) is 26.9 Å². The van der Waals surface area contributed by atoms with Crippen LogP contribution in [0, 0.1) is 25.2 Å². The van der Waals surface area contributed by atoms with Crippen LogP contribution in [0.3, 0.4) is 0 Å². The zero-order valence-corrected chi connectivity index (χ0v) is 18.5. The third kappa shape index (κ3) is 5.28. The number of allylic oxidation sites excluding steroid dienone is 1. The molecule has 0 radical (unpaired) electrons. The predicted octanol–water partition coefficient (Wildman–Crippen LogP) is 4.78. The number of hydrogen-bond acceptors (Lipinski definition) is 4. The minimum absolute atomic E-state index is 0.0962. The molecule has 1 aliphatic heterocycles. The number of benzene rings is 2. The van der Waals surface area contributed by atoms with Gasteiger partial charge in [-0.2, -0.15) is 5.26 Å². The van der Waals surface area contributed by atoms with Crippen molar-refractivity contribution in [2.75, 3.05) is 11.1 Å². The van der Waals surface area contributed by atoms with Gasteiger partial charge >= 0.3 is 0 Å². The molecule has 0 aromatic heterocycles. The van der Waals surface area contributed by atoms with Gasteiger partial charge in [-0.05, 0) is 54.8 Å². The summed E-state index contributed by atoms with van der Waals surface area (Å²) in [5.41, 5.74) is 4.36. The lowest BCUT2D eigenvalue weighted by atomic mass is 9.87. The highest BCUT2D eigenvalue weighted by Gasteiger charge is 2.30. The van der Waals surface area contributed by atoms with Crippen molar-refractivity contribution in [1.29, 1.82) is 5.26 Å². The first-order valence-corrected chi connectivity index (χ1v) is 10.8. The Hall–Kier alpha value is -2.56. The maximum absolute atomic E-state index is 12.4. The van der Waals surface area contributed by atoms with Crippen LogP contribution >= 0.6 is 27.7 Å². The maximum Gasteiger partial charge on any atom is 0.234 e. The molecule has 148 valence electrons. The van der Waals surface area contributed by atoms with Crippen molar-refractivity contribution >= 4 is 45.2 Å². The van der Waals surface area contributed by atoms with E-state index in [-0.39, 0.29) is 29.9 Å². The Bertz CT molecular complexity index is 1040. The SMILES string of the molecule is Cc1ccc(NC(=O)CSC2=C(C#N)[C@@H](c3cccc(Br)c3)CC(=O)N2)cc1C. The van der Waals surface area contributed by atoms with Crippen LogP contribution in [-0.2, 0) is 9.59 Å². The molecule has 2 aromatic rings. The van der Waals surface area contributed by atoms with Gasteiger partial charge in [0.15, 0.2) is 0 Å². The number of nitriles is 1. The second-order valence-corrected chi connectivity index (χ2v) is 8.75. The Balaban J connectivity index is 1.75. The maximum atomic E-state index is 12.4. The van der Waals surface area contributed by atoms with Gasteiger partial charge in [0.05, 0.1) is 22.4 Å². The van der Waals surface area contributed by atoms with Crippen LogP contribution in [0.1, 0.15) is 29.0 Å². The van der Waals surface area contributed by atoms with E-state index in [4.69, 9.17) is 0 Å². The number of nitrogens with zero attached hydrogens (tertiary/aromatic N) is 1. The summed E-state index contributed by atoms with van der Waals surface area (Å²) in [5.74, 6) is -0.580. The number of anilines is 1. The second kappa shape index (κ2) is 9.29. The molecule has 0 bridgehead atoms. The van der Waals surface area contributed by atoms with Crippen molar-refractivity contribution in [3.05, 3.63) is 74.2 Å². The average molecular weight is 470 g/mol. The van der Waals surface area contributed by atoms with Crippen molar-refractivity contribution in [3.63, 3.8) is 0 Å². The molecule has 2 aromatic carbocycles. The Morgan fingerprint density at radius 1 is 1.28 bits per heavy atom. The van der Waals surface area contributed by atoms with Crippen LogP contribution in [0.4, 0.5) is 5.69 Å². The molecule has 0 unspecified atom stereocenters. The Labute approximate surface area is 182 Å². The molecular formula is C22H20BrN3O2S. The molecule has 0 spiro atoms. The van der Waals surface area contributed by atoms with Crippen LogP contribution in [0.5, 0.6) is 0 Å². The van der Waals surface area contributed by atoms with Gasteiger partial charge in [0.1, 0.15) is 0 Å². The minimum atomic E-state index is -0.323. The Kier molecular flexibility index (Phi) is 6.78. The number of carbonyl (C=O) groups is 2. The molecular weight excluding hydrogens is 450 g/mol. The first-order valence-electron chi connectivity index (χ1n) is 9.07. The predicted molar refractivity (Wildman–Crippen MR) is 119 cm³/mol. The first-order chi connectivity index (χ1) is 13.9. The number of amides is 2. The lowest BCUT2D eigenvalue weighted by Gasteiger charge is -2.25. The number of nitrogens with one attached hydrogen (secondary N) is 2. The minimum Gasteiger partial charge on any atom is -0.325 e. The van der Waals surface area contributed by atoms with Crippen molar-refractivity contribution in [3.8, 4) is 6.07 Å². The summed E-state index contributed by atoms with van der Waals surface area (Å²) in [6.07, 6.45) is 0.207. The molecule has 0 saturated carbocycles. The molecule has 7 heteroatoms. The van der Waals surface area contributed by atoms with Gasteiger partial charge in [-0.1, -0.05) is 45.9 Å². The number of rotatable bonds is 5. The number of hydrogen-bond donors (Lipinski definition) is 2. The standard InChI is InChI=1S/C22H20BrN3O2S/c1-13-6-7-17(8-14(13)2)25-21(28)12-29-22-19(11-24)18(10-20(27)26-22)15-4-3-5-16(23)9-15/h3-9,18H,10,12H2,1-2H3,(H,25,28)(H,26,27)/t18-/m1/s1. The first kappa shape index (κ1) is 21.2. The number of carbonyl (C=O) groups excluding carboxylic acids is 2. The van der Waals surface area contributed by atoms with Gasteiger partial charge in [0.25, 0.3) is 0 Å². The average Bonchev–Trinajstić information content (AvgIpc) is 2.68. The summed E-state index contributed by atoms with van der Waals surface area (Å²) in [6, 6.07) is 15.6. The summed E-state index contributed by atoms with van der Waals surface area (Å²) in [7, 11) is 0. The molecule has 1 atom stereocenters. The normalized spacial score (nSPS) is 16.2. The summed E-state index contributed by atoms with van der Waals surface area (Å²) >= 11 is 4.61. The topological polar surface area (TPSA) is 82.0 Å². The molecule has 2 N–H and O–H groups in total. The van der Waals surface area contributed by atoms with E-state index in [1.807, 2.05) is 56.3 Å². The van der Waals surface area contributed by atoms with Crippen molar-refractivity contribution in [2.45, 2.75) is 26.2 Å². The third-order valence-corrected chi connectivity index (χ3v) is 6.26. The summed E-state index contributed by atoms with van der Waals surface area (Å²) < 4.78 is 0.889. The quantitative estimate of drug-likeness (QED) is 0.659. The molecule has 29 heavy (non-hydrogen) atoms. The van der Waals surface area contributed by atoms with Crippen LogP contribution in [-0.4, -0.2) is 17.6 Å². The van der Waals surface area contributed by atoms with E-state index >= 15 is 0 Å². The Morgan fingerprint density at radius 2 is 2.07 bits per heavy atom. The fourth-order valence-corrected chi connectivity index (χ4v) is 4.39. The van der Waals surface area contributed by atoms with Gasteiger partial charge in [-0.3, -0.25) is 9.59 Å². The highest BCUT2D eigenvalue weighted by molar-refractivity contribution is 9.10. The molecule has 2 amide bonds. The van der Waals surface area contributed by atoms with E-state index < -0.39 is 0 Å². The van der Waals surface area contributed by atoms with Crippen LogP contribution in [0.15, 0.2) is 57.5 Å². The van der Waals surface area contributed by atoms with E-state index in [1.54, 1.807) is 0 Å². The molecule has 0 fully saturated rings. The monoisotopic (exact) mass is 469 g/mol. The van der Waals surface area contributed by atoms with Crippen molar-refractivity contribution < 1.29 is 9.59 Å². The summed E-state index contributed by atoms with van der Waals surface area (Å²) in [6.45, 7) is 4.00. The number of halogens is 1. The van der Waals surface area contributed by atoms with Crippen LogP contribution in [0.25, 0.3) is 0 Å². The number of aryl methyl sites for hydroxylation is 2. The molecule has 1 aliphatic rings. The molecule has 0 aliphatic carbocycles. The third-order valence-electron chi connectivity index (χ3n) is 4.75. The second-order valence-electron chi connectivity index (χ2n) is 6.85. The molecule has 1 heterocycles. The van der Waals surface area contributed by atoms with Gasteiger partial charge in [0, 0.05) is 22.5 Å². The van der Waals surface area contributed by atoms with Crippen molar-refractivity contribution in [2.24, 2.45) is 0 Å². The fraction of sp³-hybridized carbons (Fsp3) is 0.227. The van der Waals surface area contributed by atoms with E-state index in [1.165, 1.54) is 11.8 Å².